The Morgan fingerprint density at radius 2 is 1.81 bits per heavy atom. The van der Waals surface area contributed by atoms with Gasteiger partial charge in [0.15, 0.2) is 0 Å². The number of rotatable bonds is 7. The number of pyridine rings is 1. The zero-order valence-corrected chi connectivity index (χ0v) is 14.8. The summed E-state index contributed by atoms with van der Waals surface area (Å²) in [6.07, 6.45) is -0.925. The summed E-state index contributed by atoms with van der Waals surface area (Å²) in [5.41, 5.74) is 2.26. The van der Waals surface area contributed by atoms with Crippen LogP contribution in [0.15, 0.2) is 66.9 Å². The fraction of sp³-hybridized carbons (Fsp3) is 0.238. The number of aromatic nitrogens is 1. The molecule has 6 nitrogen and oxygen atoms in total. The van der Waals surface area contributed by atoms with Gasteiger partial charge < -0.3 is 20.3 Å². The number of nitrogens with one attached hydrogen (secondary N) is 1. The summed E-state index contributed by atoms with van der Waals surface area (Å²) in [5.74, 6) is 0. The molecule has 2 unspecified atom stereocenters. The van der Waals surface area contributed by atoms with Crippen molar-refractivity contribution in [3.8, 4) is 0 Å². The minimum atomic E-state index is -1.08. The molecule has 2 atom stereocenters. The minimum absolute atomic E-state index is 0.181. The van der Waals surface area contributed by atoms with Gasteiger partial charge in [0.1, 0.15) is 12.7 Å². The number of carbonyl (C=O) groups excluding carboxylic acids is 1. The van der Waals surface area contributed by atoms with E-state index in [2.05, 4.69) is 10.3 Å². The van der Waals surface area contributed by atoms with Gasteiger partial charge in [-0.25, -0.2) is 4.79 Å². The largest absolute Gasteiger partial charge is 0.445 e. The number of alkyl carbamates (subject to hydrolysis) is 1. The molecule has 0 saturated heterocycles. The van der Waals surface area contributed by atoms with E-state index in [0.29, 0.717) is 5.56 Å². The molecule has 1 heterocycles. The van der Waals surface area contributed by atoms with Gasteiger partial charge in [-0.15, -0.1) is 0 Å². The number of nitrogens with zero attached hydrogens (tertiary/aromatic N) is 1. The zero-order chi connectivity index (χ0) is 19.1. The standard InChI is InChI=1S/C21H22N2O4/c24-19(10-11-22-21(26)27-14-15-6-2-1-3-7-15)20(25)17-12-16-8-4-5-9-18(16)23-13-17/h1-9,12-13,19-20,24-25H,10-11,14H2,(H,22,26). The lowest BCUT2D eigenvalue weighted by atomic mass is 10.0. The number of ether oxygens (including phenoxy) is 1. The molecule has 0 aliphatic rings. The van der Waals surface area contributed by atoms with Crippen LogP contribution in [-0.2, 0) is 11.3 Å². The number of aliphatic hydroxyl groups excluding tert-OH is 2. The number of para-hydroxylation sites is 1. The normalized spacial score (nSPS) is 13.1. The van der Waals surface area contributed by atoms with Crippen molar-refractivity contribution in [3.05, 3.63) is 78.0 Å². The van der Waals surface area contributed by atoms with Crippen LogP contribution < -0.4 is 5.32 Å². The molecule has 0 saturated carbocycles. The molecule has 0 aliphatic heterocycles. The molecule has 3 rings (SSSR count). The van der Waals surface area contributed by atoms with Crippen molar-refractivity contribution in [3.63, 3.8) is 0 Å². The van der Waals surface area contributed by atoms with E-state index >= 15 is 0 Å². The molecule has 0 fully saturated rings. The van der Waals surface area contributed by atoms with Crippen LogP contribution in [0.1, 0.15) is 23.7 Å². The number of hydrogen-bond donors (Lipinski definition) is 3. The van der Waals surface area contributed by atoms with E-state index in [9.17, 15) is 15.0 Å². The average Bonchev–Trinajstić information content (AvgIpc) is 2.72. The quantitative estimate of drug-likeness (QED) is 0.598. The highest BCUT2D eigenvalue weighted by molar-refractivity contribution is 5.78. The molecule has 0 radical (unpaired) electrons. The van der Waals surface area contributed by atoms with E-state index in [1.54, 1.807) is 12.3 Å². The van der Waals surface area contributed by atoms with Crippen LogP contribution in [0.5, 0.6) is 0 Å². The Kier molecular flexibility index (Phi) is 6.35. The second kappa shape index (κ2) is 9.12. The van der Waals surface area contributed by atoms with Crippen LogP contribution in [0, 0.1) is 0 Å². The van der Waals surface area contributed by atoms with Crippen LogP contribution in [0.2, 0.25) is 0 Å². The van der Waals surface area contributed by atoms with Gasteiger partial charge >= 0.3 is 6.09 Å². The van der Waals surface area contributed by atoms with Crippen LogP contribution in [0.25, 0.3) is 10.9 Å². The van der Waals surface area contributed by atoms with Crippen LogP contribution in [-0.4, -0.2) is 33.9 Å². The molecule has 3 aromatic rings. The molecule has 27 heavy (non-hydrogen) atoms. The van der Waals surface area contributed by atoms with E-state index in [0.717, 1.165) is 16.5 Å². The number of hydrogen-bond acceptors (Lipinski definition) is 5. The Hall–Kier alpha value is -2.96. The monoisotopic (exact) mass is 366 g/mol. The molecule has 0 spiro atoms. The Morgan fingerprint density at radius 3 is 2.63 bits per heavy atom. The smallest absolute Gasteiger partial charge is 0.407 e. The third kappa shape index (κ3) is 5.26. The summed E-state index contributed by atoms with van der Waals surface area (Å²) >= 11 is 0. The Balaban J connectivity index is 1.45. The predicted octanol–water partition coefficient (Wildman–Crippen LogP) is 2.95. The van der Waals surface area contributed by atoms with Gasteiger partial charge in [0.25, 0.3) is 0 Å². The van der Waals surface area contributed by atoms with Crippen molar-refractivity contribution in [2.24, 2.45) is 0 Å². The van der Waals surface area contributed by atoms with Gasteiger partial charge in [-0.2, -0.15) is 0 Å². The summed E-state index contributed by atoms with van der Waals surface area (Å²) in [5, 5.41) is 24.0. The van der Waals surface area contributed by atoms with E-state index in [4.69, 9.17) is 4.74 Å². The lowest BCUT2D eigenvalue weighted by molar-refractivity contribution is 0.0135. The molecule has 2 aromatic carbocycles. The Morgan fingerprint density at radius 1 is 1.07 bits per heavy atom. The van der Waals surface area contributed by atoms with E-state index in [-0.39, 0.29) is 19.6 Å². The topological polar surface area (TPSA) is 91.7 Å². The highest BCUT2D eigenvalue weighted by atomic mass is 16.5. The average molecular weight is 366 g/mol. The fourth-order valence-corrected chi connectivity index (χ4v) is 2.73. The first kappa shape index (κ1) is 18.8. The predicted molar refractivity (Wildman–Crippen MR) is 102 cm³/mol. The van der Waals surface area contributed by atoms with Gasteiger partial charge in [-0.1, -0.05) is 48.5 Å². The molecule has 1 amide bonds. The number of amides is 1. The molecule has 1 aromatic heterocycles. The fourth-order valence-electron chi connectivity index (χ4n) is 2.73. The van der Waals surface area contributed by atoms with Crippen molar-refractivity contribution in [1.29, 1.82) is 0 Å². The molecule has 0 bridgehead atoms. The first-order valence-electron chi connectivity index (χ1n) is 8.79. The van der Waals surface area contributed by atoms with Crippen molar-refractivity contribution >= 4 is 17.0 Å². The van der Waals surface area contributed by atoms with Gasteiger partial charge in [0.2, 0.25) is 0 Å². The van der Waals surface area contributed by atoms with E-state index in [1.807, 2.05) is 54.6 Å². The van der Waals surface area contributed by atoms with Crippen molar-refractivity contribution in [2.45, 2.75) is 25.2 Å². The maximum absolute atomic E-state index is 11.7. The Bertz CT molecular complexity index is 885. The van der Waals surface area contributed by atoms with Gasteiger partial charge in [-0.05, 0) is 24.1 Å². The number of benzene rings is 2. The summed E-state index contributed by atoms with van der Waals surface area (Å²) in [6, 6.07) is 18.7. The third-order valence-corrected chi connectivity index (χ3v) is 4.24. The molecule has 3 N–H and O–H groups in total. The number of aliphatic hydroxyl groups is 2. The lowest BCUT2D eigenvalue weighted by Crippen LogP contribution is -2.29. The van der Waals surface area contributed by atoms with E-state index in [1.165, 1.54) is 0 Å². The third-order valence-electron chi connectivity index (χ3n) is 4.24. The lowest BCUT2D eigenvalue weighted by Gasteiger charge is -2.18. The van der Waals surface area contributed by atoms with Crippen LogP contribution in [0.3, 0.4) is 0 Å². The SMILES string of the molecule is O=C(NCCC(O)C(O)c1cnc2ccccc2c1)OCc1ccccc1. The van der Waals surface area contributed by atoms with Gasteiger partial charge in [0, 0.05) is 23.7 Å². The maximum Gasteiger partial charge on any atom is 0.407 e. The molecular weight excluding hydrogens is 344 g/mol. The second-order valence-corrected chi connectivity index (χ2v) is 6.25. The van der Waals surface area contributed by atoms with Crippen molar-refractivity contribution in [1.82, 2.24) is 10.3 Å². The molecule has 0 aliphatic carbocycles. The van der Waals surface area contributed by atoms with Gasteiger partial charge in [0.05, 0.1) is 11.6 Å². The Labute approximate surface area is 157 Å². The van der Waals surface area contributed by atoms with Crippen LogP contribution in [0.4, 0.5) is 4.79 Å². The summed E-state index contributed by atoms with van der Waals surface area (Å²) < 4.78 is 5.10. The van der Waals surface area contributed by atoms with E-state index < -0.39 is 18.3 Å². The highest BCUT2D eigenvalue weighted by Gasteiger charge is 2.19. The van der Waals surface area contributed by atoms with Gasteiger partial charge in [-0.3, -0.25) is 4.98 Å². The number of fused-ring (bicyclic) bond motifs is 1. The summed E-state index contributed by atoms with van der Waals surface area (Å²) in [6.45, 7) is 0.369. The van der Waals surface area contributed by atoms with Crippen molar-refractivity contribution in [2.75, 3.05) is 6.54 Å². The summed E-state index contributed by atoms with van der Waals surface area (Å²) in [7, 11) is 0. The highest BCUT2D eigenvalue weighted by Crippen LogP contribution is 2.21. The summed E-state index contributed by atoms with van der Waals surface area (Å²) in [4.78, 5) is 16.0. The maximum atomic E-state index is 11.7. The zero-order valence-electron chi connectivity index (χ0n) is 14.8. The van der Waals surface area contributed by atoms with Crippen molar-refractivity contribution < 1.29 is 19.7 Å². The van der Waals surface area contributed by atoms with Crippen LogP contribution >= 0.6 is 0 Å². The minimum Gasteiger partial charge on any atom is -0.445 e. The molecule has 6 heteroatoms. The molecule has 140 valence electrons. The first-order chi connectivity index (χ1) is 13.1. The second-order valence-electron chi connectivity index (χ2n) is 6.25. The number of carbonyl (C=O) groups is 1. The first-order valence-corrected chi connectivity index (χ1v) is 8.79. The molecular formula is C21H22N2O4.